The molecule has 2 aromatic heterocycles. The van der Waals surface area contributed by atoms with Gasteiger partial charge in [0, 0.05) is 24.3 Å². The maximum atomic E-state index is 13.4. The number of hydrogen-bond acceptors (Lipinski definition) is 6. The Morgan fingerprint density at radius 1 is 1.21 bits per heavy atom. The minimum absolute atomic E-state index is 0.0305. The molecule has 2 bridgehead atoms. The van der Waals surface area contributed by atoms with Crippen LogP contribution >= 0.6 is 0 Å². The van der Waals surface area contributed by atoms with Crippen molar-refractivity contribution in [2.45, 2.75) is 49.7 Å². The van der Waals surface area contributed by atoms with E-state index >= 15 is 0 Å². The van der Waals surface area contributed by atoms with Gasteiger partial charge in [0.1, 0.15) is 10.9 Å². The van der Waals surface area contributed by atoms with Crippen molar-refractivity contribution in [2.24, 2.45) is 5.92 Å². The molecule has 1 saturated carbocycles. The lowest BCUT2D eigenvalue weighted by Gasteiger charge is -2.31. The molecule has 2 fully saturated rings. The standard InChI is InChI=1S/C19H21N5O3S/c1-2-23-12-16(11-20-23)28(25,26)24-15-9-8-14(10-15)17(24)19-21-18(22-27-19)13-6-4-3-5-7-13/h3-7,11-12,14-15,17H,2,8-10H2,1H3/t14-,15-,17+/m1/s1. The van der Waals surface area contributed by atoms with Crippen LogP contribution < -0.4 is 0 Å². The topological polar surface area (TPSA) is 94.1 Å². The lowest BCUT2D eigenvalue weighted by Crippen LogP contribution is -2.40. The highest BCUT2D eigenvalue weighted by atomic mass is 32.2. The van der Waals surface area contributed by atoms with Gasteiger partial charge >= 0.3 is 0 Å². The molecular weight excluding hydrogens is 378 g/mol. The smallest absolute Gasteiger partial charge is 0.247 e. The molecule has 1 saturated heterocycles. The van der Waals surface area contributed by atoms with Gasteiger partial charge in [0.25, 0.3) is 0 Å². The van der Waals surface area contributed by atoms with Gasteiger partial charge in [-0.05, 0) is 32.1 Å². The second-order valence-corrected chi connectivity index (χ2v) is 9.20. The highest BCUT2D eigenvalue weighted by Gasteiger charge is 2.54. The third kappa shape index (κ3) is 2.68. The Balaban J connectivity index is 1.52. The summed E-state index contributed by atoms with van der Waals surface area (Å²) in [5.74, 6) is 1.05. The van der Waals surface area contributed by atoms with E-state index in [-0.39, 0.29) is 16.9 Å². The maximum Gasteiger partial charge on any atom is 0.247 e. The van der Waals surface area contributed by atoms with E-state index in [9.17, 15) is 8.42 Å². The SMILES string of the molecule is CCn1cc(S(=O)(=O)N2[C@@H]3CC[C@H](C3)[C@H]2c2nc(-c3ccccc3)no2)cn1. The van der Waals surface area contributed by atoms with Gasteiger partial charge in [0.15, 0.2) is 0 Å². The molecule has 3 heterocycles. The molecule has 0 amide bonds. The molecule has 3 aromatic rings. The summed E-state index contributed by atoms with van der Waals surface area (Å²) in [6.07, 6.45) is 5.67. The van der Waals surface area contributed by atoms with Crippen LogP contribution in [0.4, 0.5) is 0 Å². The molecule has 0 unspecified atom stereocenters. The van der Waals surface area contributed by atoms with Crippen LogP contribution in [-0.4, -0.2) is 38.7 Å². The fourth-order valence-corrected chi connectivity index (χ4v) is 6.26. The molecule has 0 radical (unpaired) electrons. The van der Waals surface area contributed by atoms with Gasteiger partial charge in [-0.2, -0.15) is 14.4 Å². The molecule has 0 N–H and O–H groups in total. The summed E-state index contributed by atoms with van der Waals surface area (Å²) in [6.45, 7) is 2.54. The van der Waals surface area contributed by atoms with Crippen molar-refractivity contribution in [2.75, 3.05) is 0 Å². The predicted octanol–water partition coefficient (Wildman–Crippen LogP) is 2.87. The number of rotatable bonds is 5. The quantitative estimate of drug-likeness (QED) is 0.655. The predicted molar refractivity (Wildman–Crippen MR) is 101 cm³/mol. The third-order valence-corrected chi connectivity index (χ3v) is 7.65. The van der Waals surface area contributed by atoms with Crippen molar-refractivity contribution < 1.29 is 12.9 Å². The minimum atomic E-state index is -3.69. The van der Waals surface area contributed by atoms with Crippen LogP contribution in [0.3, 0.4) is 0 Å². The van der Waals surface area contributed by atoms with Crippen LogP contribution in [0.1, 0.15) is 38.1 Å². The maximum absolute atomic E-state index is 13.4. The van der Waals surface area contributed by atoms with E-state index in [2.05, 4.69) is 15.2 Å². The Morgan fingerprint density at radius 3 is 2.79 bits per heavy atom. The molecule has 8 nitrogen and oxygen atoms in total. The monoisotopic (exact) mass is 399 g/mol. The first-order valence-electron chi connectivity index (χ1n) is 9.53. The lowest BCUT2D eigenvalue weighted by atomic mass is 10.00. The van der Waals surface area contributed by atoms with E-state index in [0.29, 0.717) is 18.3 Å². The second kappa shape index (κ2) is 6.52. The summed E-state index contributed by atoms with van der Waals surface area (Å²) in [4.78, 5) is 4.77. The molecule has 3 atom stereocenters. The molecule has 146 valence electrons. The second-order valence-electron chi connectivity index (χ2n) is 7.36. The Bertz CT molecular complexity index is 1090. The lowest BCUT2D eigenvalue weighted by molar-refractivity contribution is 0.197. The highest BCUT2D eigenvalue weighted by molar-refractivity contribution is 7.89. The highest BCUT2D eigenvalue weighted by Crippen LogP contribution is 2.52. The summed E-state index contributed by atoms with van der Waals surface area (Å²) >= 11 is 0. The Hall–Kier alpha value is -2.52. The van der Waals surface area contributed by atoms with Crippen LogP contribution in [0.15, 0.2) is 52.1 Å². The first kappa shape index (κ1) is 17.6. The van der Waals surface area contributed by atoms with E-state index in [1.807, 2.05) is 37.3 Å². The summed E-state index contributed by atoms with van der Waals surface area (Å²) in [6, 6.07) is 9.10. The number of nitrogens with zero attached hydrogens (tertiary/aromatic N) is 5. The van der Waals surface area contributed by atoms with Crippen LogP contribution in [-0.2, 0) is 16.6 Å². The summed E-state index contributed by atoms with van der Waals surface area (Å²) < 4.78 is 35.6. The summed E-state index contributed by atoms with van der Waals surface area (Å²) in [5, 5.41) is 8.23. The van der Waals surface area contributed by atoms with Crippen molar-refractivity contribution in [3.63, 3.8) is 0 Å². The van der Waals surface area contributed by atoms with Crippen molar-refractivity contribution in [3.05, 3.63) is 48.6 Å². The molecular formula is C19H21N5O3S. The van der Waals surface area contributed by atoms with Gasteiger partial charge in [0.2, 0.25) is 21.7 Å². The van der Waals surface area contributed by atoms with Crippen LogP contribution in [0.25, 0.3) is 11.4 Å². The first-order chi connectivity index (χ1) is 13.6. The first-order valence-corrected chi connectivity index (χ1v) is 11.0. The average Bonchev–Trinajstić information content (AvgIpc) is 3.51. The molecule has 9 heteroatoms. The van der Waals surface area contributed by atoms with Gasteiger partial charge in [-0.15, -0.1) is 0 Å². The van der Waals surface area contributed by atoms with E-state index < -0.39 is 16.1 Å². The van der Waals surface area contributed by atoms with Crippen molar-refractivity contribution in [1.82, 2.24) is 24.2 Å². The fraction of sp³-hybridized carbons (Fsp3) is 0.421. The Kier molecular flexibility index (Phi) is 4.09. The largest absolute Gasteiger partial charge is 0.337 e. The van der Waals surface area contributed by atoms with Crippen molar-refractivity contribution in [3.8, 4) is 11.4 Å². The van der Waals surface area contributed by atoms with Crippen molar-refractivity contribution in [1.29, 1.82) is 0 Å². The number of aryl methyl sites for hydroxylation is 1. The van der Waals surface area contributed by atoms with Gasteiger partial charge in [0.05, 0.1) is 6.20 Å². The molecule has 1 aliphatic carbocycles. The number of benzene rings is 1. The number of fused-ring (bicyclic) bond motifs is 2. The third-order valence-electron chi connectivity index (χ3n) is 5.76. The zero-order valence-electron chi connectivity index (χ0n) is 15.5. The fourth-order valence-electron chi connectivity index (χ4n) is 4.43. The van der Waals surface area contributed by atoms with Gasteiger partial charge in [-0.1, -0.05) is 35.5 Å². The minimum Gasteiger partial charge on any atom is -0.337 e. The van der Waals surface area contributed by atoms with Gasteiger partial charge in [-0.3, -0.25) is 4.68 Å². The Morgan fingerprint density at radius 2 is 2.04 bits per heavy atom. The van der Waals surface area contributed by atoms with Gasteiger partial charge < -0.3 is 4.52 Å². The van der Waals surface area contributed by atoms with E-state index in [4.69, 9.17) is 4.52 Å². The molecule has 1 aliphatic heterocycles. The summed E-state index contributed by atoms with van der Waals surface area (Å²) in [5.41, 5.74) is 0.847. The zero-order chi connectivity index (χ0) is 19.3. The Labute approximate surface area is 163 Å². The molecule has 5 rings (SSSR count). The number of hydrogen-bond donors (Lipinski definition) is 0. The molecule has 0 spiro atoms. The van der Waals surface area contributed by atoms with E-state index in [1.54, 1.807) is 15.2 Å². The number of piperidine rings is 1. The van der Waals surface area contributed by atoms with Crippen LogP contribution in [0.2, 0.25) is 0 Å². The molecule has 1 aromatic carbocycles. The van der Waals surface area contributed by atoms with Crippen LogP contribution in [0, 0.1) is 5.92 Å². The van der Waals surface area contributed by atoms with E-state index in [1.165, 1.54) is 6.20 Å². The zero-order valence-corrected chi connectivity index (χ0v) is 16.3. The molecule has 28 heavy (non-hydrogen) atoms. The van der Waals surface area contributed by atoms with Crippen molar-refractivity contribution >= 4 is 10.0 Å². The van der Waals surface area contributed by atoms with E-state index in [0.717, 1.165) is 24.8 Å². The molecule has 2 aliphatic rings. The number of aromatic nitrogens is 4. The van der Waals surface area contributed by atoms with Crippen LogP contribution in [0.5, 0.6) is 0 Å². The number of sulfonamides is 1. The summed E-state index contributed by atoms with van der Waals surface area (Å²) in [7, 11) is -3.69. The average molecular weight is 399 g/mol. The normalized spacial score (nSPS) is 24.8. The van der Waals surface area contributed by atoms with Gasteiger partial charge in [-0.25, -0.2) is 8.42 Å².